The monoisotopic (exact) mass is 343 g/mol. The molecule has 0 N–H and O–H groups in total. The van der Waals surface area contributed by atoms with Crippen molar-refractivity contribution in [3.63, 3.8) is 0 Å². The fourth-order valence-electron chi connectivity index (χ4n) is 2.81. The molecule has 0 saturated heterocycles. The molecule has 0 radical (unpaired) electrons. The number of para-hydroxylation sites is 2. The van der Waals surface area contributed by atoms with Crippen LogP contribution in [0.4, 0.5) is 0 Å². The van der Waals surface area contributed by atoms with Crippen LogP contribution in [0.1, 0.15) is 5.69 Å². The zero-order valence-electron chi connectivity index (χ0n) is 13.2. The molecule has 1 aliphatic rings. The summed E-state index contributed by atoms with van der Waals surface area (Å²) in [6.45, 7) is 1.80. The van der Waals surface area contributed by atoms with Crippen LogP contribution in [0.25, 0.3) is 4.96 Å². The van der Waals surface area contributed by atoms with E-state index in [9.17, 15) is 4.79 Å². The summed E-state index contributed by atoms with van der Waals surface area (Å²) in [5.41, 5.74) is 0.720. The third-order valence-electron chi connectivity index (χ3n) is 3.87. The Bertz CT molecular complexity index is 921. The molecule has 0 fully saturated rings. The molecule has 0 aliphatic carbocycles. The second-order valence-electron chi connectivity index (χ2n) is 5.84. The summed E-state index contributed by atoms with van der Waals surface area (Å²) in [6.07, 6.45) is 1.70. The van der Waals surface area contributed by atoms with Gasteiger partial charge in [0.2, 0.25) is 0 Å². The molecule has 3 aromatic rings. The molecule has 7 heteroatoms. The van der Waals surface area contributed by atoms with E-state index in [0.717, 1.165) is 22.2 Å². The standard InChI is InChI=1S/C17H17N3O3S/c1-19(9-12-8-16(21)20-6-7-24-17(20)18-12)10-13-11-22-14-4-2-3-5-15(14)23-13/h2-8,13H,9-11H2,1H3/t13-/m0/s1. The molecule has 0 unspecified atom stereocenters. The van der Waals surface area contributed by atoms with Crippen molar-refractivity contribution in [2.24, 2.45) is 0 Å². The summed E-state index contributed by atoms with van der Waals surface area (Å²) >= 11 is 1.46. The first-order chi connectivity index (χ1) is 11.7. The molecule has 0 spiro atoms. The minimum absolute atomic E-state index is 0.0449. The Morgan fingerprint density at radius 3 is 3.08 bits per heavy atom. The summed E-state index contributed by atoms with van der Waals surface area (Å²) in [5, 5.41) is 1.86. The van der Waals surface area contributed by atoms with Crippen LogP contribution in [0.15, 0.2) is 46.7 Å². The van der Waals surface area contributed by atoms with Gasteiger partial charge in [0.1, 0.15) is 12.7 Å². The van der Waals surface area contributed by atoms with Crippen molar-refractivity contribution in [1.82, 2.24) is 14.3 Å². The maximum Gasteiger partial charge on any atom is 0.258 e. The molecule has 2 aromatic heterocycles. The number of hydrogen-bond donors (Lipinski definition) is 0. The predicted octanol–water partition coefficient (Wildman–Crippen LogP) is 2.03. The Hall–Kier alpha value is -2.38. The Kier molecular flexibility index (Phi) is 3.95. The van der Waals surface area contributed by atoms with Gasteiger partial charge in [-0.25, -0.2) is 4.98 Å². The van der Waals surface area contributed by atoms with Crippen molar-refractivity contribution in [3.05, 3.63) is 58.0 Å². The van der Waals surface area contributed by atoms with Gasteiger partial charge in [0.05, 0.1) is 5.69 Å². The highest BCUT2D eigenvalue weighted by Gasteiger charge is 2.22. The number of ether oxygens (including phenoxy) is 2. The van der Waals surface area contributed by atoms with Crippen molar-refractivity contribution < 1.29 is 9.47 Å². The quantitative estimate of drug-likeness (QED) is 0.725. The summed E-state index contributed by atoms with van der Waals surface area (Å²) in [5.74, 6) is 1.56. The first kappa shape index (κ1) is 15.2. The van der Waals surface area contributed by atoms with Gasteiger partial charge in [-0.1, -0.05) is 12.1 Å². The molecule has 4 rings (SSSR count). The van der Waals surface area contributed by atoms with Gasteiger partial charge in [0.15, 0.2) is 16.5 Å². The second kappa shape index (κ2) is 6.26. The molecule has 124 valence electrons. The Morgan fingerprint density at radius 2 is 2.21 bits per heavy atom. The summed E-state index contributed by atoms with van der Waals surface area (Å²) in [6, 6.07) is 9.27. The van der Waals surface area contributed by atoms with Crippen molar-refractivity contribution >= 4 is 16.3 Å². The van der Waals surface area contributed by atoms with Crippen LogP contribution >= 0.6 is 11.3 Å². The van der Waals surface area contributed by atoms with E-state index < -0.39 is 0 Å². The van der Waals surface area contributed by atoms with Gasteiger partial charge in [-0.3, -0.25) is 14.1 Å². The molecule has 24 heavy (non-hydrogen) atoms. The third-order valence-corrected chi connectivity index (χ3v) is 4.63. The predicted molar refractivity (Wildman–Crippen MR) is 92.0 cm³/mol. The van der Waals surface area contributed by atoms with E-state index in [-0.39, 0.29) is 11.7 Å². The molecule has 1 aromatic carbocycles. The average molecular weight is 343 g/mol. The molecular weight excluding hydrogens is 326 g/mol. The number of rotatable bonds is 4. The van der Waals surface area contributed by atoms with Gasteiger partial charge in [-0.05, 0) is 19.2 Å². The summed E-state index contributed by atoms with van der Waals surface area (Å²) in [7, 11) is 1.99. The highest BCUT2D eigenvalue weighted by molar-refractivity contribution is 7.15. The Balaban J connectivity index is 1.43. The Labute approximate surface area is 142 Å². The van der Waals surface area contributed by atoms with Crippen LogP contribution in [0.5, 0.6) is 11.5 Å². The number of hydrogen-bond acceptors (Lipinski definition) is 6. The van der Waals surface area contributed by atoms with Crippen molar-refractivity contribution in [2.45, 2.75) is 12.6 Å². The van der Waals surface area contributed by atoms with E-state index in [1.54, 1.807) is 16.7 Å². The van der Waals surface area contributed by atoms with Gasteiger partial charge in [0, 0.05) is 30.7 Å². The SMILES string of the molecule is CN(Cc1cc(=O)n2ccsc2n1)C[C@H]1COc2ccccc2O1. The number of fused-ring (bicyclic) bond motifs is 2. The minimum atomic E-state index is -0.0455. The average Bonchev–Trinajstić information content (AvgIpc) is 3.03. The molecule has 6 nitrogen and oxygen atoms in total. The van der Waals surface area contributed by atoms with E-state index >= 15 is 0 Å². The molecule has 0 bridgehead atoms. The molecule has 0 amide bonds. The fraction of sp³-hybridized carbons (Fsp3) is 0.294. The lowest BCUT2D eigenvalue weighted by Gasteiger charge is -2.29. The van der Waals surface area contributed by atoms with Crippen LogP contribution in [0.3, 0.4) is 0 Å². The van der Waals surface area contributed by atoms with Crippen LogP contribution in [0, 0.1) is 0 Å². The van der Waals surface area contributed by atoms with Crippen molar-refractivity contribution in [3.8, 4) is 11.5 Å². The second-order valence-corrected chi connectivity index (χ2v) is 6.71. The molecule has 1 aliphatic heterocycles. The largest absolute Gasteiger partial charge is 0.486 e. The fourth-order valence-corrected chi connectivity index (χ4v) is 3.55. The molecular formula is C17H17N3O3S. The molecule has 0 saturated carbocycles. The van der Waals surface area contributed by atoms with Crippen LogP contribution in [-0.4, -0.2) is 40.6 Å². The molecule has 3 heterocycles. The topological polar surface area (TPSA) is 56.1 Å². The van der Waals surface area contributed by atoms with Gasteiger partial charge in [0.25, 0.3) is 5.56 Å². The smallest absolute Gasteiger partial charge is 0.258 e. The van der Waals surface area contributed by atoms with Gasteiger partial charge in [-0.2, -0.15) is 0 Å². The maximum atomic E-state index is 12.0. The lowest BCUT2D eigenvalue weighted by molar-refractivity contribution is 0.0635. The summed E-state index contributed by atoms with van der Waals surface area (Å²) < 4.78 is 13.3. The minimum Gasteiger partial charge on any atom is -0.486 e. The van der Waals surface area contributed by atoms with Crippen molar-refractivity contribution in [2.75, 3.05) is 20.2 Å². The van der Waals surface area contributed by atoms with E-state index in [1.165, 1.54) is 11.3 Å². The third kappa shape index (κ3) is 3.00. The van der Waals surface area contributed by atoms with Crippen LogP contribution in [0.2, 0.25) is 0 Å². The lowest BCUT2D eigenvalue weighted by Crippen LogP contribution is -2.39. The zero-order valence-corrected chi connectivity index (χ0v) is 14.0. The van der Waals surface area contributed by atoms with E-state index in [0.29, 0.717) is 19.7 Å². The lowest BCUT2D eigenvalue weighted by atomic mass is 10.2. The number of nitrogens with zero attached hydrogens (tertiary/aromatic N) is 3. The summed E-state index contributed by atoms with van der Waals surface area (Å²) in [4.78, 5) is 19.4. The zero-order chi connectivity index (χ0) is 16.5. The van der Waals surface area contributed by atoms with Gasteiger partial charge >= 0.3 is 0 Å². The van der Waals surface area contributed by atoms with Crippen molar-refractivity contribution in [1.29, 1.82) is 0 Å². The maximum absolute atomic E-state index is 12.0. The van der Waals surface area contributed by atoms with E-state index in [2.05, 4.69) is 9.88 Å². The first-order valence-electron chi connectivity index (χ1n) is 7.72. The Morgan fingerprint density at radius 1 is 1.38 bits per heavy atom. The normalized spacial score (nSPS) is 16.7. The van der Waals surface area contributed by atoms with E-state index in [4.69, 9.17) is 9.47 Å². The van der Waals surface area contributed by atoms with Gasteiger partial charge < -0.3 is 9.47 Å². The number of aromatic nitrogens is 2. The first-order valence-corrected chi connectivity index (χ1v) is 8.60. The number of thiazole rings is 1. The number of likely N-dealkylation sites (N-methyl/N-ethyl adjacent to an activating group) is 1. The highest BCUT2D eigenvalue weighted by atomic mass is 32.1. The van der Waals surface area contributed by atoms with Crippen LogP contribution < -0.4 is 15.0 Å². The number of benzene rings is 1. The van der Waals surface area contributed by atoms with E-state index in [1.807, 2.05) is 36.7 Å². The van der Waals surface area contributed by atoms with Gasteiger partial charge in [-0.15, -0.1) is 11.3 Å². The highest BCUT2D eigenvalue weighted by Crippen LogP contribution is 2.30. The van der Waals surface area contributed by atoms with Crippen LogP contribution in [-0.2, 0) is 6.54 Å². The molecule has 1 atom stereocenters.